The van der Waals surface area contributed by atoms with Crippen LogP contribution in [-0.4, -0.2) is 0 Å². The van der Waals surface area contributed by atoms with Crippen LogP contribution in [0.2, 0.25) is 0 Å². The van der Waals surface area contributed by atoms with Crippen LogP contribution in [0.3, 0.4) is 0 Å². The van der Waals surface area contributed by atoms with Gasteiger partial charge in [-0.15, -0.1) is 0 Å². The summed E-state index contributed by atoms with van der Waals surface area (Å²) >= 11 is 0. The van der Waals surface area contributed by atoms with Gasteiger partial charge in [-0.05, 0) is 12.5 Å². The molecule has 0 saturated carbocycles. The molecule has 2 N–H and O–H groups in total. The van der Waals surface area contributed by atoms with Crippen LogP contribution >= 0.6 is 0 Å². The molecule has 0 bridgehead atoms. The monoisotopic (exact) mass is 259 g/mol. The first-order chi connectivity index (χ1) is 9.22. The highest BCUT2D eigenvalue weighted by Gasteiger charge is 2.10. The summed E-state index contributed by atoms with van der Waals surface area (Å²) in [7, 11) is 0. The molecule has 0 amide bonds. The first kappa shape index (κ1) is 13.7. The van der Waals surface area contributed by atoms with Crippen molar-refractivity contribution in [2.75, 3.05) is 0 Å². The van der Waals surface area contributed by atoms with Gasteiger partial charge in [0.25, 0.3) is 0 Å². The van der Waals surface area contributed by atoms with Crippen molar-refractivity contribution in [3.8, 4) is 0 Å². The van der Waals surface area contributed by atoms with Gasteiger partial charge in [-0.2, -0.15) is 0 Å². The normalized spacial score (nSPS) is 12.4. The minimum Gasteiger partial charge on any atom is -0.369 e. The van der Waals surface area contributed by atoms with Crippen LogP contribution in [0, 0.1) is 5.82 Å². The number of ether oxygens (including phenoxy) is 1. The number of rotatable bonds is 5. The lowest BCUT2D eigenvalue weighted by molar-refractivity contribution is 0.0508. The molecule has 19 heavy (non-hydrogen) atoms. The van der Waals surface area contributed by atoms with Gasteiger partial charge in [0.2, 0.25) is 0 Å². The molecule has 0 aliphatic carbocycles. The van der Waals surface area contributed by atoms with E-state index in [1.165, 1.54) is 0 Å². The largest absolute Gasteiger partial charge is 0.369 e. The van der Waals surface area contributed by atoms with Gasteiger partial charge >= 0.3 is 0 Å². The fourth-order valence-electron chi connectivity index (χ4n) is 1.94. The van der Waals surface area contributed by atoms with E-state index in [9.17, 15) is 4.39 Å². The summed E-state index contributed by atoms with van der Waals surface area (Å²) in [6, 6.07) is 15.1. The standard InChI is InChI=1S/C16H18FNO/c1-12(13-6-3-2-4-7-13)19-11-15-9-5-8-14(10-18)16(15)17/h2-9,12H,10-11,18H2,1H3. The van der Waals surface area contributed by atoms with E-state index in [1.807, 2.05) is 37.3 Å². The van der Waals surface area contributed by atoms with E-state index in [-0.39, 0.29) is 25.1 Å². The maximum atomic E-state index is 14.0. The zero-order valence-corrected chi connectivity index (χ0v) is 11.0. The van der Waals surface area contributed by atoms with Crippen molar-refractivity contribution in [2.45, 2.75) is 26.2 Å². The predicted octanol–water partition coefficient (Wildman–Crippen LogP) is 3.56. The van der Waals surface area contributed by atoms with Crippen LogP contribution < -0.4 is 5.73 Å². The zero-order valence-electron chi connectivity index (χ0n) is 11.0. The fourth-order valence-corrected chi connectivity index (χ4v) is 1.94. The third-order valence-electron chi connectivity index (χ3n) is 3.14. The van der Waals surface area contributed by atoms with Gasteiger partial charge in [-0.25, -0.2) is 4.39 Å². The van der Waals surface area contributed by atoms with E-state index in [0.717, 1.165) is 5.56 Å². The fraction of sp³-hybridized carbons (Fsp3) is 0.250. The van der Waals surface area contributed by atoms with Gasteiger partial charge in [0.15, 0.2) is 0 Å². The summed E-state index contributed by atoms with van der Waals surface area (Å²) in [6.45, 7) is 2.41. The van der Waals surface area contributed by atoms with Crippen LogP contribution in [0.15, 0.2) is 48.5 Å². The summed E-state index contributed by atoms with van der Waals surface area (Å²) in [6.07, 6.45) is -0.0675. The molecule has 2 nitrogen and oxygen atoms in total. The number of hydrogen-bond acceptors (Lipinski definition) is 2. The number of hydrogen-bond donors (Lipinski definition) is 1. The predicted molar refractivity (Wildman–Crippen MR) is 73.9 cm³/mol. The van der Waals surface area contributed by atoms with E-state index in [4.69, 9.17) is 10.5 Å². The second-order valence-electron chi connectivity index (χ2n) is 4.46. The van der Waals surface area contributed by atoms with Crippen LogP contribution in [0.25, 0.3) is 0 Å². The lowest BCUT2D eigenvalue weighted by Crippen LogP contribution is -2.05. The summed E-state index contributed by atoms with van der Waals surface area (Å²) in [5.74, 6) is -0.259. The minimum absolute atomic E-state index is 0.0675. The Hall–Kier alpha value is -1.71. The molecule has 0 spiro atoms. The van der Waals surface area contributed by atoms with Gasteiger partial charge in [0.05, 0.1) is 12.7 Å². The van der Waals surface area contributed by atoms with E-state index in [1.54, 1.807) is 18.2 Å². The van der Waals surface area contributed by atoms with Gasteiger partial charge in [-0.3, -0.25) is 0 Å². The Bertz CT molecular complexity index is 528. The summed E-state index contributed by atoms with van der Waals surface area (Å²) < 4.78 is 19.7. The smallest absolute Gasteiger partial charge is 0.133 e. The topological polar surface area (TPSA) is 35.2 Å². The second kappa shape index (κ2) is 6.45. The molecule has 0 saturated heterocycles. The third-order valence-corrected chi connectivity index (χ3v) is 3.14. The third kappa shape index (κ3) is 3.40. The maximum absolute atomic E-state index is 14.0. The molecule has 0 fully saturated rings. The van der Waals surface area contributed by atoms with Crippen molar-refractivity contribution in [3.63, 3.8) is 0 Å². The Labute approximate surface area is 113 Å². The van der Waals surface area contributed by atoms with Crippen molar-refractivity contribution in [1.82, 2.24) is 0 Å². The molecule has 3 heteroatoms. The lowest BCUT2D eigenvalue weighted by Gasteiger charge is -2.14. The number of halogens is 1. The highest BCUT2D eigenvalue weighted by atomic mass is 19.1. The first-order valence-electron chi connectivity index (χ1n) is 6.35. The molecule has 2 aromatic carbocycles. The highest BCUT2D eigenvalue weighted by Crippen LogP contribution is 2.20. The van der Waals surface area contributed by atoms with Crippen LogP contribution in [-0.2, 0) is 17.9 Å². The second-order valence-corrected chi connectivity index (χ2v) is 4.46. The summed E-state index contributed by atoms with van der Waals surface area (Å²) in [5, 5.41) is 0. The molecule has 0 aromatic heterocycles. The zero-order chi connectivity index (χ0) is 13.7. The number of nitrogens with two attached hydrogens (primary N) is 1. The average Bonchev–Trinajstić information content (AvgIpc) is 2.47. The Kier molecular flexibility index (Phi) is 4.66. The quantitative estimate of drug-likeness (QED) is 0.891. The average molecular weight is 259 g/mol. The van der Waals surface area contributed by atoms with Gasteiger partial charge in [0.1, 0.15) is 5.82 Å². The van der Waals surface area contributed by atoms with E-state index in [0.29, 0.717) is 11.1 Å². The van der Waals surface area contributed by atoms with E-state index >= 15 is 0 Å². The summed E-state index contributed by atoms with van der Waals surface area (Å²) in [4.78, 5) is 0. The molecular formula is C16H18FNO. The van der Waals surface area contributed by atoms with Crippen molar-refractivity contribution in [2.24, 2.45) is 5.73 Å². The van der Waals surface area contributed by atoms with Crippen molar-refractivity contribution in [3.05, 3.63) is 71.0 Å². The molecule has 2 rings (SSSR count). The molecular weight excluding hydrogens is 241 g/mol. The Balaban J connectivity index is 2.03. The number of benzene rings is 2. The first-order valence-corrected chi connectivity index (χ1v) is 6.35. The molecule has 0 heterocycles. The Morgan fingerprint density at radius 3 is 2.42 bits per heavy atom. The van der Waals surface area contributed by atoms with Gasteiger partial charge in [0, 0.05) is 17.7 Å². The van der Waals surface area contributed by atoms with Crippen molar-refractivity contribution < 1.29 is 9.13 Å². The van der Waals surface area contributed by atoms with Crippen LogP contribution in [0.5, 0.6) is 0 Å². The Morgan fingerprint density at radius 2 is 1.74 bits per heavy atom. The molecule has 100 valence electrons. The molecule has 0 aliphatic rings. The highest BCUT2D eigenvalue weighted by molar-refractivity contribution is 5.25. The molecule has 2 aromatic rings. The molecule has 1 unspecified atom stereocenters. The van der Waals surface area contributed by atoms with E-state index in [2.05, 4.69) is 0 Å². The van der Waals surface area contributed by atoms with Crippen LogP contribution in [0.1, 0.15) is 29.7 Å². The van der Waals surface area contributed by atoms with Gasteiger partial charge in [-0.1, -0.05) is 48.5 Å². The molecule has 0 radical (unpaired) electrons. The van der Waals surface area contributed by atoms with Gasteiger partial charge < -0.3 is 10.5 Å². The lowest BCUT2D eigenvalue weighted by atomic mass is 10.1. The van der Waals surface area contributed by atoms with Crippen molar-refractivity contribution in [1.29, 1.82) is 0 Å². The molecule has 0 aliphatic heterocycles. The van der Waals surface area contributed by atoms with Crippen molar-refractivity contribution >= 4 is 0 Å². The Morgan fingerprint density at radius 1 is 1.05 bits per heavy atom. The van der Waals surface area contributed by atoms with Crippen LogP contribution in [0.4, 0.5) is 4.39 Å². The maximum Gasteiger partial charge on any atom is 0.133 e. The minimum atomic E-state index is -0.259. The summed E-state index contributed by atoms with van der Waals surface area (Å²) in [5.41, 5.74) is 7.64. The van der Waals surface area contributed by atoms with E-state index < -0.39 is 0 Å². The molecule has 1 atom stereocenters. The SMILES string of the molecule is CC(OCc1cccc(CN)c1F)c1ccccc1.